The Morgan fingerprint density at radius 2 is 2.06 bits per heavy atom. The molecular formula is C13H26N4. The van der Waals surface area contributed by atoms with Crippen molar-refractivity contribution in [1.29, 1.82) is 0 Å². The van der Waals surface area contributed by atoms with Crippen LogP contribution in [0.4, 0.5) is 0 Å². The zero-order valence-electron chi connectivity index (χ0n) is 12.0. The highest BCUT2D eigenvalue weighted by molar-refractivity contribution is 5.13. The molecule has 0 aromatic carbocycles. The summed E-state index contributed by atoms with van der Waals surface area (Å²) in [6, 6.07) is 2.25. The molecular weight excluding hydrogens is 212 g/mol. The van der Waals surface area contributed by atoms with Crippen LogP contribution in [0.3, 0.4) is 0 Å². The maximum absolute atomic E-state index is 6.32. The number of nitrogens with two attached hydrogens (primary N) is 1. The second-order valence-electron chi connectivity index (χ2n) is 5.46. The summed E-state index contributed by atoms with van der Waals surface area (Å²) in [5.74, 6) is 0. The summed E-state index contributed by atoms with van der Waals surface area (Å²) in [5.41, 5.74) is 8.65. The second-order valence-corrected chi connectivity index (χ2v) is 5.46. The van der Waals surface area contributed by atoms with Gasteiger partial charge in [-0.05, 0) is 40.4 Å². The van der Waals surface area contributed by atoms with E-state index < -0.39 is 0 Å². The molecule has 1 aromatic rings. The number of nitrogens with zero attached hydrogens (tertiary/aromatic N) is 3. The highest BCUT2D eigenvalue weighted by Gasteiger charge is 2.29. The molecule has 0 aliphatic carbocycles. The number of hydrogen-bond acceptors (Lipinski definition) is 3. The quantitative estimate of drug-likeness (QED) is 0.838. The van der Waals surface area contributed by atoms with Crippen LogP contribution in [0, 0.1) is 0 Å². The standard InChI is InChI=1S/C13H26N4/c1-7-10-8-11(17(6)15-10)9-12(14)13(2,3)16(4)5/h8,12H,7,9,14H2,1-6H3. The molecule has 0 saturated carbocycles. The first-order valence-electron chi connectivity index (χ1n) is 6.23. The van der Waals surface area contributed by atoms with Gasteiger partial charge in [0, 0.05) is 30.7 Å². The summed E-state index contributed by atoms with van der Waals surface area (Å²) < 4.78 is 1.95. The van der Waals surface area contributed by atoms with Gasteiger partial charge >= 0.3 is 0 Å². The molecule has 0 bridgehead atoms. The summed E-state index contributed by atoms with van der Waals surface area (Å²) in [6.07, 6.45) is 1.83. The molecule has 0 aliphatic rings. The van der Waals surface area contributed by atoms with Crippen LogP contribution in [0.2, 0.25) is 0 Å². The summed E-state index contributed by atoms with van der Waals surface area (Å²) >= 11 is 0. The van der Waals surface area contributed by atoms with Crippen molar-refractivity contribution in [1.82, 2.24) is 14.7 Å². The summed E-state index contributed by atoms with van der Waals surface area (Å²) in [4.78, 5) is 2.18. The van der Waals surface area contributed by atoms with Gasteiger partial charge in [0.1, 0.15) is 0 Å². The first-order valence-corrected chi connectivity index (χ1v) is 6.23. The van der Waals surface area contributed by atoms with Crippen LogP contribution in [-0.4, -0.2) is 40.4 Å². The van der Waals surface area contributed by atoms with Gasteiger partial charge in [-0.3, -0.25) is 4.68 Å². The Balaban J connectivity index is 2.80. The van der Waals surface area contributed by atoms with Crippen molar-refractivity contribution in [3.63, 3.8) is 0 Å². The third-order valence-electron chi connectivity index (χ3n) is 3.88. The van der Waals surface area contributed by atoms with Crippen molar-refractivity contribution in [2.45, 2.75) is 45.2 Å². The molecule has 2 N–H and O–H groups in total. The normalized spacial score (nSPS) is 14.4. The zero-order valence-corrected chi connectivity index (χ0v) is 12.0. The molecule has 17 heavy (non-hydrogen) atoms. The van der Waals surface area contributed by atoms with Crippen molar-refractivity contribution < 1.29 is 0 Å². The van der Waals surface area contributed by atoms with Gasteiger partial charge in [-0.2, -0.15) is 5.10 Å². The van der Waals surface area contributed by atoms with Gasteiger partial charge < -0.3 is 10.6 Å². The number of rotatable bonds is 5. The average molecular weight is 238 g/mol. The van der Waals surface area contributed by atoms with Crippen LogP contribution in [0.5, 0.6) is 0 Å². The lowest BCUT2D eigenvalue weighted by Crippen LogP contribution is -2.54. The molecule has 1 atom stereocenters. The fraction of sp³-hybridized carbons (Fsp3) is 0.769. The average Bonchev–Trinajstić information content (AvgIpc) is 2.59. The van der Waals surface area contributed by atoms with E-state index in [1.807, 2.05) is 11.7 Å². The molecule has 0 amide bonds. The lowest BCUT2D eigenvalue weighted by atomic mass is 9.90. The van der Waals surface area contributed by atoms with Crippen LogP contribution in [0.1, 0.15) is 32.2 Å². The van der Waals surface area contributed by atoms with E-state index >= 15 is 0 Å². The third-order valence-corrected chi connectivity index (χ3v) is 3.88. The van der Waals surface area contributed by atoms with Gasteiger partial charge in [-0.15, -0.1) is 0 Å². The minimum Gasteiger partial charge on any atom is -0.326 e. The molecule has 0 spiro atoms. The Morgan fingerprint density at radius 1 is 1.47 bits per heavy atom. The maximum Gasteiger partial charge on any atom is 0.0624 e. The minimum absolute atomic E-state index is 0.0172. The molecule has 1 aromatic heterocycles. The molecule has 0 radical (unpaired) electrons. The minimum atomic E-state index is -0.0172. The summed E-state index contributed by atoms with van der Waals surface area (Å²) in [5, 5.41) is 4.46. The first-order chi connectivity index (χ1) is 7.78. The number of aryl methyl sites for hydroxylation is 2. The van der Waals surface area contributed by atoms with E-state index in [0.29, 0.717) is 0 Å². The number of likely N-dealkylation sites (N-methyl/N-ethyl adjacent to an activating group) is 1. The summed E-state index contributed by atoms with van der Waals surface area (Å²) in [7, 11) is 6.13. The van der Waals surface area contributed by atoms with E-state index in [0.717, 1.165) is 18.5 Å². The van der Waals surface area contributed by atoms with Crippen LogP contribution >= 0.6 is 0 Å². The van der Waals surface area contributed by atoms with Gasteiger partial charge in [-0.1, -0.05) is 6.92 Å². The maximum atomic E-state index is 6.32. The molecule has 0 saturated heterocycles. The molecule has 98 valence electrons. The van der Waals surface area contributed by atoms with E-state index in [2.05, 4.69) is 50.9 Å². The Morgan fingerprint density at radius 3 is 2.47 bits per heavy atom. The van der Waals surface area contributed by atoms with Crippen LogP contribution in [-0.2, 0) is 19.9 Å². The van der Waals surface area contributed by atoms with E-state index in [1.54, 1.807) is 0 Å². The Kier molecular flexibility index (Phi) is 4.33. The van der Waals surface area contributed by atoms with Gasteiger partial charge in [0.15, 0.2) is 0 Å². The molecule has 1 unspecified atom stereocenters. The van der Waals surface area contributed by atoms with E-state index in [1.165, 1.54) is 5.69 Å². The molecule has 1 rings (SSSR count). The van der Waals surface area contributed by atoms with Gasteiger partial charge in [0.05, 0.1) is 5.69 Å². The van der Waals surface area contributed by atoms with Gasteiger partial charge in [-0.25, -0.2) is 0 Å². The number of aromatic nitrogens is 2. The highest BCUT2D eigenvalue weighted by atomic mass is 15.3. The topological polar surface area (TPSA) is 47.1 Å². The molecule has 0 fully saturated rings. The van der Waals surface area contributed by atoms with Crippen molar-refractivity contribution in [3.05, 3.63) is 17.5 Å². The summed E-state index contributed by atoms with van der Waals surface area (Å²) in [6.45, 7) is 6.47. The Bertz CT molecular complexity index is 365. The molecule has 4 nitrogen and oxygen atoms in total. The third kappa shape index (κ3) is 3.07. The molecule has 1 heterocycles. The molecule has 0 aliphatic heterocycles. The van der Waals surface area contributed by atoms with Crippen molar-refractivity contribution in [2.24, 2.45) is 12.8 Å². The van der Waals surface area contributed by atoms with Gasteiger partial charge in [0.25, 0.3) is 0 Å². The van der Waals surface area contributed by atoms with E-state index in [-0.39, 0.29) is 11.6 Å². The van der Waals surface area contributed by atoms with E-state index in [9.17, 15) is 0 Å². The van der Waals surface area contributed by atoms with Gasteiger partial charge in [0.2, 0.25) is 0 Å². The first kappa shape index (κ1) is 14.2. The predicted octanol–water partition coefficient (Wildman–Crippen LogP) is 1.19. The lowest BCUT2D eigenvalue weighted by molar-refractivity contribution is 0.157. The molecule has 4 heteroatoms. The van der Waals surface area contributed by atoms with Crippen LogP contribution < -0.4 is 5.73 Å². The largest absolute Gasteiger partial charge is 0.326 e. The monoisotopic (exact) mass is 238 g/mol. The Hall–Kier alpha value is -0.870. The van der Waals surface area contributed by atoms with Crippen molar-refractivity contribution in [3.8, 4) is 0 Å². The second kappa shape index (κ2) is 5.19. The fourth-order valence-electron chi connectivity index (χ4n) is 1.74. The van der Waals surface area contributed by atoms with Crippen molar-refractivity contribution >= 4 is 0 Å². The lowest BCUT2D eigenvalue weighted by Gasteiger charge is -2.38. The highest BCUT2D eigenvalue weighted by Crippen LogP contribution is 2.18. The predicted molar refractivity (Wildman–Crippen MR) is 72.0 cm³/mol. The zero-order chi connectivity index (χ0) is 13.2. The fourth-order valence-corrected chi connectivity index (χ4v) is 1.74. The van der Waals surface area contributed by atoms with Crippen molar-refractivity contribution in [2.75, 3.05) is 14.1 Å². The van der Waals surface area contributed by atoms with E-state index in [4.69, 9.17) is 5.73 Å². The number of hydrogen-bond donors (Lipinski definition) is 1. The van der Waals surface area contributed by atoms with Crippen LogP contribution in [0.25, 0.3) is 0 Å². The SMILES string of the molecule is CCc1cc(CC(N)C(C)(C)N(C)C)n(C)n1. The Labute approximate surface area is 105 Å². The smallest absolute Gasteiger partial charge is 0.0624 e. The van der Waals surface area contributed by atoms with Crippen LogP contribution in [0.15, 0.2) is 6.07 Å².